The van der Waals surface area contributed by atoms with E-state index in [4.69, 9.17) is 9.47 Å². The van der Waals surface area contributed by atoms with Gasteiger partial charge in [0.15, 0.2) is 6.61 Å². The van der Waals surface area contributed by atoms with Crippen molar-refractivity contribution in [3.63, 3.8) is 0 Å². The monoisotopic (exact) mass is 364 g/mol. The van der Waals surface area contributed by atoms with Crippen LogP contribution >= 0.6 is 12.4 Å². The van der Waals surface area contributed by atoms with E-state index in [0.717, 1.165) is 24.3 Å². The van der Waals surface area contributed by atoms with E-state index < -0.39 is 0 Å². The number of carbonyl (C=O) groups is 1. The molecule has 0 atom stereocenters. The van der Waals surface area contributed by atoms with Gasteiger partial charge < -0.3 is 20.1 Å². The van der Waals surface area contributed by atoms with Crippen molar-refractivity contribution in [3.05, 3.63) is 60.2 Å². The summed E-state index contributed by atoms with van der Waals surface area (Å²) >= 11 is 0. The molecule has 0 aliphatic carbocycles. The van der Waals surface area contributed by atoms with Gasteiger partial charge in [-0.05, 0) is 49.8 Å². The van der Waals surface area contributed by atoms with Crippen LogP contribution in [0, 0.1) is 0 Å². The molecule has 0 radical (unpaired) electrons. The van der Waals surface area contributed by atoms with Crippen molar-refractivity contribution >= 4 is 18.3 Å². The zero-order valence-corrected chi connectivity index (χ0v) is 15.2. The van der Waals surface area contributed by atoms with Crippen LogP contribution in [-0.4, -0.2) is 32.7 Å². The van der Waals surface area contributed by atoms with Crippen LogP contribution in [0.5, 0.6) is 11.5 Å². The van der Waals surface area contributed by atoms with Gasteiger partial charge in [-0.1, -0.05) is 30.3 Å². The van der Waals surface area contributed by atoms with Gasteiger partial charge in [-0.15, -0.1) is 12.4 Å². The van der Waals surface area contributed by atoms with Crippen LogP contribution in [0.3, 0.4) is 0 Å². The minimum absolute atomic E-state index is 0. The smallest absolute Gasteiger partial charge is 0.257 e. The van der Waals surface area contributed by atoms with Crippen molar-refractivity contribution in [3.8, 4) is 11.5 Å². The van der Waals surface area contributed by atoms with Crippen molar-refractivity contribution in [2.75, 3.05) is 26.7 Å². The molecule has 0 heterocycles. The summed E-state index contributed by atoms with van der Waals surface area (Å²) in [6, 6.07) is 17.3. The van der Waals surface area contributed by atoms with Crippen molar-refractivity contribution < 1.29 is 14.3 Å². The highest BCUT2D eigenvalue weighted by atomic mass is 35.5. The Kier molecular flexibility index (Phi) is 10.1. The summed E-state index contributed by atoms with van der Waals surface area (Å²) in [7, 11) is 1.89. The fraction of sp³-hybridized carbons (Fsp3) is 0.316. The molecule has 6 heteroatoms. The lowest BCUT2D eigenvalue weighted by molar-refractivity contribution is -0.123. The van der Waals surface area contributed by atoms with Crippen LogP contribution in [0.4, 0.5) is 0 Å². The third kappa shape index (κ3) is 8.42. The lowest BCUT2D eigenvalue weighted by atomic mass is 10.2. The van der Waals surface area contributed by atoms with E-state index in [-0.39, 0.29) is 24.9 Å². The predicted octanol–water partition coefficient (Wildman–Crippen LogP) is 2.79. The third-order valence-corrected chi connectivity index (χ3v) is 3.37. The Balaban J connectivity index is 0.00000312. The summed E-state index contributed by atoms with van der Waals surface area (Å²) < 4.78 is 11.2. The first kappa shape index (κ1) is 20.8. The van der Waals surface area contributed by atoms with Gasteiger partial charge in [0.25, 0.3) is 5.91 Å². The number of ether oxygens (including phenoxy) is 2. The Morgan fingerprint density at radius 3 is 2.20 bits per heavy atom. The first-order chi connectivity index (χ1) is 11.8. The average Bonchev–Trinajstić information content (AvgIpc) is 2.63. The molecule has 0 unspecified atom stereocenters. The second-order valence-corrected chi connectivity index (χ2v) is 5.34. The Bertz CT molecular complexity index is 606. The number of hydrogen-bond donors (Lipinski definition) is 2. The number of nitrogens with one attached hydrogen (secondary N) is 2. The van der Waals surface area contributed by atoms with Gasteiger partial charge in [0, 0.05) is 6.54 Å². The molecule has 25 heavy (non-hydrogen) atoms. The lowest BCUT2D eigenvalue weighted by Gasteiger charge is -2.09. The topological polar surface area (TPSA) is 59.6 Å². The molecule has 0 saturated heterocycles. The van der Waals surface area contributed by atoms with Gasteiger partial charge in [-0.2, -0.15) is 0 Å². The van der Waals surface area contributed by atoms with E-state index in [9.17, 15) is 4.79 Å². The number of benzene rings is 2. The molecule has 2 aromatic carbocycles. The standard InChI is InChI=1S/C19H24N2O3.ClH/c1-20-12-5-13-21-19(22)15-24-18-10-8-17(9-11-18)23-14-16-6-3-2-4-7-16;/h2-4,6-11,20H,5,12-15H2,1H3,(H,21,22);1H. The van der Waals surface area contributed by atoms with Crippen LogP contribution in [0.1, 0.15) is 12.0 Å². The van der Waals surface area contributed by atoms with Crippen LogP contribution in [0.2, 0.25) is 0 Å². The van der Waals surface area contributed by atoms with Crippen LogP contribution in [-0.2, 0) is 11.4 Å². The second kappa shape index (κ2) is 12.2. The van der Waals surface area contributed by atoms with E-state index in [1.165, 1.54) is 0 Å². The Hall–Kier alpha value is -2.24. The molecule has 2 aromatic rings. The van der Waals surface area contributed by atoms with E-state index in [1.54, 1.807) is 12.1 Å². The van der Waals surface area contributed by atoms with E-state index in [1.807, 2.05) is 49.5 Å². The van der Waals surface area contributed by atoms with Crippen LogP contribution < -0.4 is 20.1 Å². The van der Waals surface area contributed by atoms with E-state index in [0.29, 0.717) is 18.9 Å². The maximum Gasteiger partial charge on any atom is 0.257 e. The molecule has 0 bridgehead atoms. The van der Waals surface area contributed by atoms with Crippen molar-refractivity contribution in [1.82, 2.24) is 10.6 Å². The molecular weight excluding hydrogens is 340 g/mol. The normalized spacial score (nSPS) is 9.80. The minimum Gasteiger partial charge on any atom is -0.489 e. The molecule has 0 aliphatic heterocycles. The van der Waals surface area contributed by atoms with Gasteiger partial charge in [-0.3, -0.25) is 4.79 Å². The minimum atomic E-state index is -0.115. The zero-order chi connectivity index (χ0) is 17.0. The molecule has 2 N–H and O–H groups in total. The number of halogens is 1. The number of carbonyl (C=O) groups excluding carboxylic acids is 1. The summed E-state index contributed by atoms with van der Waals surface area (Å²) in [6.45, 7) is 2.07. The molecule has 2 rings (SSSR count). The molecular formula is C19H25ClN2O3. The quantitative estimate of drug-likeness (QED) is 0.636. The maximum absolute atomic E-state index is 11.6. The highest BCUT2D eigenvalue weighted by Gasteiger charge is 2.02. The summed E-state index contributed by atoms with van der Waals surface area (Å²) in [6.07, 6.45) is 0.899. The number of amides is 1. The van der Waals surface area contributed by atoms with Gasteiger partial charge in [-0.25, -0.2) is 0 Å². The molecule has 0 aliphatic rings. The van der Waals surface area contributed by atoms with E-state index in [2.05, 4.69) is 10.6 Å². The first-order valence-electron chi connectivity index (χ1n) is 8.09. The average molecular weight is 365 g/mol. The zero-order valence-electron chi connectivity index (χ0n) is 14.4. The highest BCUT2D eigenvalue weighted by Crippen LogP contribution is 2.18. The highest BCUT2D eigenvalue weighted by molar-refractivity contribution is 5.85. The molecule has 5 nitrogen and oxygen atoms in total. The maximum atomic E-state index is 11.6. The van der Waals surface area contributed by atoms with Crippen molar-refractivity contribution in [2.24, 2.45) is 0 Å². The Morgan fingerprint density at radius 2 is 1.56 bits per heavy atom. The molecule has 1 amide bonds. The fourth-order valence-corrected chi connectivity index (χ4v) is 2.07. The van der Waals surface area contributed by atoms with E-state index >= 15 is 0 Å². The van der Waals surface area contributed by atoms with Crippen molar-refractivity contribution in [1.29, 1.82) is 0 Å². The molecule has 0 spiro atoms. The number of rotatable bonds is 10. The Labute approximate surface area is 155 Å². The molecule has 0 aromatic heterocycles. The molecule has 136 valence electrons. The van der Waals surface area contributed by atoms with Crippen molar-refractivity contribution in [2.45, 2.75) is 13.0 Å². The SMILES string of the molecule is CNCCCNC(=O)COc1ccc(OCc2ccccc2)cc1.Cl. The summed E-state index contributed by atoms with van der Waals surface area (Å²) in [5.41, 5.74) is 1.12. The van der Waals surface area contributed by atoms with Crippen LogP contribution in [0.25, 0.3) is 0 Å². The van der Waals surface area contributed by atoms with Gasteiger partial charge in [0.2, 0.25) is 0 Å². The summed E-state index contributed by atoms with van der Waals surface area (Å²) in [4.78, 5) is 11.6. The fourth-order valence-electron chi connectivity index (χ4n) is 2.07. The largest absolute Gasteiger partial charge is 0.489 e. The lowest BCUT2D eigenvalue weighted by Crippen LogP contribution is -2.30. The summed E-state index contributed by atoms with van der Waals surface area (Å²) in [5.74, 6) is 1.30. The third-order valence-electron chi connectivity index (χ3n) is 3.37. The molecule has 0 saturated carbocycles. The van der Waals surface area contributed by atoms with Gasteiger partial charge >= 0.3 is 0 Å². The molecule has 0 fully saturated rings. The number of hydrogen-bond acceptors (Lipinski definition) is 4. The van der Waals surface area contributed by atoms with Crippen LogP contribution in [0.15, 0.2) is 54.6 Å². The Morgan fingerprint density at radius 1 is 0.920 bits per heavy atom. The summed E-state index contributed by atoms with van der Waals surface area (Å²) in [5, 5.41) is 5.84. The predicted molar refractivity (Wildman–Crippen MR) is 102 cm³/mol. The second-order valence-electron chi connectivity index (χ2n) is 5.34. The van der Waals surface area contributed by atoms with Gasteiger partial charge in [0.05, 0.1) is 0 Å². The first-order valence-corrected chi connectivity index (χ1v) is 8.09. The van der Waals surface area contributed by atoms with Gasteiger partial charge in [0.1, 0.15) is 18.1 Å².